The quantitative estimate of drug-likeness (QED) is 0.894. The maximum atomic E-state index is 12.2. The van der Waals surface area contributed by atoms with Crippen LogP contribution >= 0.6 is 0 Å². The third kappa shape index (κ3) is 3.28. The highest BCUT2D eigenvalue weighted by Gasteiger charge is 2.44. The van der Waals surface area contributed by atoms with Gasteiger partial charge in [0.05, 0.1) is 6.04 Å². The van der Waals surface area contributed by atoms with Gasteiger partial charge >= 0.3 is 0 Å². The number of hydrogen-bond acceptors (Lipinski definition) is 3. The number of hydrogen-bond donors (Lipinski definition) is 1. The van der Waals surface area contributed by atoms with Gasteiger partial charge in [-0.15, -0.1) is 5.11 Å². The molecule has 1 aromatic rings. The zero-order valence-corrected chi connectivity index (χ0v) is 14.5. The van der Waals surface area contributed by atoms with Crippen molar-refractivity contribution in [2.45, 2.75) is 57.9 Å². The molecule has 1 unspecified atom stereocenters. The molecule has 0 bridgehead atoms. The molecule has 3 aliphatic rings. The van der Waals surface area contributed by atoms with Crippen LogP contribution in [-0.4, -0.2) is 17.9 Å². The van der Waals surface area contributed by atoms with Crippen molar-refractivity contribution < 1.29 is 9.59 Å². The highest BCUT2D eigenvalue weighted by Crippen LogP contribution is 2.45. The maximum Gasteiger partial charge on any atom is 0.291 e. The van der Waals surface area contributed by atoms with Gasteiger partial charge in [-0.1, -0.05) is 19.1 Å². The molecule has 1 heterocycles. The van der Waals surface area contributed by atoms with Crippen LogP contribution in [0, 0.1) is 5.41 Å². The van der Waals surface area contributed by atoms with Crippen molar-refractivity contribution in [3.05, 3.63) is 41.0 Å². The van der Waals surface area contributed by atoms with E-state index in [-0.39, 0.29) is 23.3 Å². The summed E-state index contributed by atoms with van der Waals surface area (Å²) in [7, 11) is 0. The molecular weight excluding hydrogens is 314 g/mol. The first-order valence-electron chi connectivity index (χ1n) is 9.13. The molecule has 25 heavy (non-hydrogen) atoms. The van der Waals surface area contributed by atoms with Crippen molar-refractivity contribution in [2.75, 3.05) is 5.32 Å². The molecule has 0 radical (unpaired) electrons. The van der Waals surface area contributed by atoms with Crippen LogP contribution in [0.2, 0.25) is 0 Å². The Kier molecular flexibility index (Phi) is 4.02. The summed E-state index contributed by atoms with van der Waals surface area (Å²) in [6.07, 6.45) is 6.60. The van der Waals surface area contributed by atoms with E-state index >= 15 is 0 Å². The van der Waals surface area contributed by atoms with E-state index in [1.54, 1.807) is 0 Å². The monoisotopic (exact) mass is 337 g/mol. The van der Waals surface area contributed by atoms with E-state index in [9.17, 15) is 9.59 Å². The number of carbonyl (C=O) groups is 2. The smallest absolute Gasteiger partial charge is 0.291 e. The Morgan fingerprint density at radius 3 is 2.88 bits per heavy atom. The van der Waals surface area contributed by atoms with Crippen molar-refractivity contribution in [1.82, 2.24) is 0 Å². The topological polar surface area (TPSA) is 70.9 Å². The average Bonchev–Trinajstić information content (AvgIpc) is 3.37. The van der Waals surface area contributed by atoms with Crippen LogP contribution in [0.3, 0.4) is 0 Å². The number of benzene rings is 1. The Hall–Kier alpha value is -2.30. The number of amides is 2. The fourth-order valence-corrected chi connectivity index (χ4v) is 3.65. The predicted molar refractivity (Wildman–Crippen MR) is 95.3 cm³/mol. The zero-order valence-electron chi connectivity index (χ0n) is 14.5. The maximum absolute atomic E-state index is 12.2. The molecule has 4 rings (SSSR count). The standard InChI is InChI=1S/C20H23N3O2/c1-20(9-10-20)19(25)21-14-6-4-5-13(11-14)12-17-15-7-2-3-8-16(15)18(24)23-22-17/h4-6,11,17H,2-3,7-10,12H2,1H3,(H,21,25). The van der Waals surface area contributed by atoms with E-state index < -0.39 is 0 Å². The predicted octanol–water partition coefficient (Wildman–Crippen LogP) is 4.20. The Bertz CT molecular complexity index is 790. The summed E-state index contributed by atoms with van der Waals surface area (Å²) < 4.78 is 0. The molecule has 2 amide bonds. The highest BCUT2D eigenvalue weighted by atomic mass is 16.2. The van der Waals surface area contributed by atoms with Gasteiger partial charge in [-0.2, -0.15) is 5.11 Å². The summed E-state index contributed by atoms with van der Waals surface area (Å²) in [6, 6.07) is 7.90. The van der Waals surface area contributed by atoms with Crippen LogP contribution in [0.15, 0.2) is 45.6 Å². The zero-order chi connectivity index (χ0) is 17.4. The van der Waals surface area contributed by atoms with Crippen LogP contribution in [0.25, 0.3) is 0 Å². The van der Waals surface area contributed by atoms with E-state index in [0.29, 0.717) is 0 Å². The van der Waals surface area contributed by atoms with Gasteiger partial charge in [0.1, 0.15) is 0 Å². The molecule has 1 fully saturated rings. The van der Waals surface area contributed by atoms with Gasteiger partial charge in [0.25, 0.3) is 5.91 Å². The molecule has 130 valence electrons. The number of azo groups is 1. The van der Waals surface area contributed by atoms with Gasteiger partial charge in [-0.25, -0.2) is 0 Å². The lowest BCUT2D eigenvalue weighted by molar-refractivity contribution is -0.120. The second kappa shape index (κ2) is 6.21. The first kappa shape index (κ1) is 16.2. The molecule has 5 nitrogen and oxygen atoms in total. The molecule has 1 N–H and O–H groups in total. The van der Waals surface area contributed by atoms with Gasteiger partial charge in [0.2, 0.25) is 5.91 Å². The molecule has 1 saturated carbocycles. The van der Waals surface area contributed by atoms with E-state index in [0.717, 1.165) is 61.8 Å². The van der Waals surface area contributed by atoms with Crippen molar-refractivity contribution >= 4 is 17.5 Å². The first-order chi connectivity index (χ1) is 12.0. The first-order valence-corrected chi connectivity index (χ1v) is 9.13. The number of carbonyl (C=O) groups excluding carboxylic acids is 2. The summed E-state index contributed by atoms with van der Waals surface area (Å²) in [4.78, 5) is 24.2. The minimum Gasteiger partial charge on any atom is -0.326 e. The Morgan fingerprint density at radius 1 is 1.28 bits per heavy atom. The van der Waals surface area contributed by atoms with Crippen LogP contribution in [0.5, 0.6) is 0 Å². The number of anilines is 1. The Morgan fingerprint density at radius 2 is 2.08 bits per heavy atom. The molecule has 1 atom stereocenters. The van der Waals surface area contributed by atoms with Crippen LogP contribution < -0.4 is 5.32 Å². The van der Waals surface area contributed by atoms with E-state index in [1.807, 2.05) is 31.2 Å². The summed E-state index contributed by atoms with van der Waals surface area (Å²) in [5.41, 5.74) is 3.81. The second-order valence-electron chi connectivity index (χ2n) is 7.67. The Balaban J connectivity index is 1.50. The average molecular weight is 337 g/mol. The fourth-order valence-electron chi connectivity index (χ4n) is 3.65. The van der Waals surface area contributed by atoms with E-state index in [4.69, 9.17) is 0 Å². The minimum atomic E-state index is -0.185. The second-order valence-corrected chi connectivity index (χ2v) is 7.67. The van der Waals surface area contributed by atoms with Gasteiger partial charge in [0, 0.05) is 23.1 Å². The van der Waals surface area contributed by atoms with Gasteiger partial charge in [-0.3, -0.25) is 9.59 Å². The van der Waals surface area contributed by atoms with Gasteiger partial charge < -0.3 is 5.32 Å². The molecular formula is C20H23N3O2. The van der Waals surface area contributed by atoms with Gasteiger partial charge in [0.15, 0.2) is 0 Å². The van der Waals surface area contributed by atoms with Crippen LogP contribution in [0.1, 0.15) is 51.0 Å². The molecule has 1 aromatic carbocycles. The molecule has 0 saturated heterocycles. The van der Waals surface area contributed by atoms with Crippen molar-refractivity contribution in [3.8, 4) is 0 Å². The summed E-state index contributed by atoms with van der Waals surface area (Å²) >= 11 is 0. The molecule has 0 spiro atoms. The van der Waals surface area contributed by atoms with Crippen LogP contribution in [0.4, 0.5) is 5.69 Å². The number of nitrogens with one attached hydrogen (secondary N) is 1. The van der Waals surface area contributed by atoms with Crippen molar-refractivity contribution in [1.29, 1.82) is 0 Å². The summed E-state index contributed by atoms with van der Waals surface area (Å²) in [5.74, 6) is -0.0467. The highest BCUT2D eigenvalue weighted by molar-refractivity contribution is 5.97. The molecule has 0 aromatic heterocycles. The largest absolute Gasteiger partial charge is 0.326 e. The Labute approximate surface area is 147 Å². The lowest BCUT2D eigenvalue weighted by atomic mass is 9.84. The SMILES string of the molecule is CC1(C(=O)Nc2cccc(CC3N=NC(=O)C4=C3CCCC4)c2)CC1. The van der Waals surface area contributed by atoms with Gasteiger partial charge in [-0.05, 0) is 61.8 Å². The molecule has 5 heteroatoms. The lowest BCUT2D eigenvalue weighted by Crippen LogP contribution is -2.23. The van der Waals surface area contributed by atoms with Crippen molar-refractivity contribution in [2.24, 2.45) is 15.6 Å². The molecule has 2 aliphatic carbocycles. The van der Waals surface area contributed by atoms with Crippen LogP contribution in [-0.2, 0) is 16.0 Å². The third-order valence-electron chi connectivity index (χ3n) is 5.62. The number of nitrogens with zero attached hydrogens (tertiary/aromatic N) is 2. The number of rotatable bonds is 4. The lowest BCUT2D eigenvalue weighted by Gasteiger charge is -2.25. The molecule has 1 aliphatic heterocycles. The normalized spacial score (nSPS) is 24.0. The van der Waals surface area contributed by atoms with Crippen molar-refractivity contribution in [3.63, 3.8) is 0 Å². The summed E-state index contributed by atoms with van der Waals surface area (Å²) in [5, 5.41) is 11.1. The van der Waals surface area contributed by atoms with E-state index in [1.165, 1.54) is 5.57 Å². The van der Waals surface area contributed by atoms with E-state index in [2.05, 4.69) is 15.5 Å². The summed E-state index contributed by atoms with van der Waals surface area (Å²) in [6.45, 7) is 2.00. The minimum absolute atomic E-state index is 0.0418. The third-order valence-corrected chi connectivity index (χ3v) is 5.62. The fraction of sp³-hybridized carbons (Fsp3) is 0.500.